The molecular formula is C13H8BrFN2S. The Morgan fingerprint density at radius 2 is 2.17 bits per heavy atom. The summed E-state index contributed by atoms with van der Waals surface area (Å²) in [5.74, 6) is 0.203. The van der Waals surface area contributed by atoms with Crippen molar-refractivity contribution >= 4 is 27.7 Å². The van der Waals surface area contributed by atoms with Gasteiger partial charge in [-0.2, -0.15) is 5.26 Å². The molecule has 2 rings (SSSR count). The molecule has 0 saturated carbocycles. The molecule has 0 aliphatic carbocycles. The van der Waals surface area contributed by atoms with Gasteiger partial charge in [0.25, 0.3) is 0 Å². The van der Waals surface area contributed by atoms with E-state index in [1.54, 1.807) is 12.3 Å². The summed E-state index contributed by atoms with van der Waals surface area (Å²) in [4.78, 5) is 4.22. The lowest BCUT2D eigenvalue weighted by Crippen LogP contribution is -1.87. The van der Waals surface area contributed by atoms with E-state index in [2.05, 4.69) is 20.9 Å². The predicted molar refractivity (Wildman–Crippen MR) is 72.6 cm³/mol. The minimum Gasteiger partial charge on any atom is -0.249 e. The van der Waals surface area contributed by atoms with Gasteiger partial charge in [-0.15, -0.1) is 11.8 Å². The van der Waals surface area contributed by atoms with Crippen LogP contribution in [0.2, 0.25) is 0 Å². The van der Waals surface area contributed by atoms with E-state index in [1.807, 2.05) is 18.2 Å². The van der Waals surface area contributed by atoms with Gasteiger partial charge < -0.3 is 0 Å². The molecule has 0 fully saturated rings. The van der Waals surface area contributed by atoms with Gasteiger partial charge >= 0.3 is 0 Å². The molecule has 18 heavy (non-hydrogen) atoms. The van der Waals surface area contributed by atoms with Gasteiger partial charge in [-0.25, -0.2) is 9.37 Å². The summed E-state index contributed by atoms with van der Waals surface area (Å²) in [5.41, 5.74) is 1.12. The highest BCUT2D eigenvalue weighted by molar-refractivity contribution is 9.10. The lowest BCUT2D eigenvalue weighted by Gasteiger charge is -2.02. The number of halogens is 2. The van der Waals surface area contributed by atoms with Gasteiger partial charge in [0.1, 0.15) is 5.82 Å². The molecule has 0 spiro atoms. The zero-order valence-corrected chi connectivity index (χ0v) is 11.6. The van der Waals surface area contributed by atoms with Crippen molar-refractivity contribution in [3.8, 4) is 6.07 Å². The smallest absolute Gasteiger partial charge is 0.124 e. The van der Waals surface area contributed by atoms with Gasteiger partial charge in [-0.3, -0.25) is 0 Å². The number of hydrogen-bond acceptors (Lipinski definition) is 3. The second kappa shape index (κ2) is 5.98. The molecule has 0 aliphatic rings. The summed E-state index contributed by atoms with van der Waals surface area (Å²) in [7, 11) is 0. The van der Waals surface area contributed by atoms with E-state index < -0.39 is 0 Å². The van der Waals surface area contributed by atoms with Crippen LogP contribution in [0.25, 0.3) is 0 Å². The fourth-order valence-corrected chi connectivity index (χ4v) is 2.41. The highest BCUT2D eigenvalue weighted by atomic mass is 79.9. The molecule has 0 N–H and O–H groups in total. The number of nitriles is 1. The van der Waals surface area contributed by atoms with Crippen molar-refractivity contribution in [3.05, 3.63) is 57.9 Å². The number of hydrogen-bond donors (Lipinski definition) is 0. The van der Waals surface area contributed by atoms with Gasteiger partial charge in [0, 0.05) is 16.4 Å². The van der Waals surface area contributed by atoms with Crippen LogP contribution in [-0.4, -0.2) is 4.98 Å². The molecule has 1 heterocycles. The van der Waals surface area contributed by atoms with Crippen LogP contribution >= 0.6 is 27.7 Å². The average molecular weight is 323 g/mol. The Labute approximate surface area is 117 Å². The molecule has 90 valence electrons. The topological polar surface area (TPSA) is 36.7 Å². The second-order valence-electron chi connectivity index (χ2n) is 3.56. The van der Waals surface area contributed by atoms with Crippen LogP contribution in [0.15, 0.2) is 46.0 Å². The fraction of sp³-hybridized carbons (Fsp3) is 0.0769. The molecule has 0 radical (unpaired) electrons. The number of thioether (sulfide) groups is 1. The standard InChI is InChI=1S/C13H8BrFN2S/c14-11-1-2-13(17-7-11)18-8-10-3-9(6-16)4-12(15)5-10/h1-5,7H,8H2. The van der Waals surface area contributed by atoms with Gasteiger partial charge in [-0.05, 0) is 51.8 Å². The van der Waals surface area contributed by atoms with Crippen molar-refractivity contribution in [1.29, 1.82) is 5.26 Å². The number of nitrogens with zero attached hydrogens (tertiary/aromatic N) is 2. The maximum Gasteiger partial charge on any atom is 0.124 e. The van der Waals surface area contributed by atoms with Gasteiger partial charge in [0.2, 0.25) is 0 Å². The first-order chi connectivity index (χ1) is 8.67. The molecule has 0 saturated heterocycles. The third kappa shape index (κ3) is 3.56. The van der Waals surface area contributed by atoms with Crippen LogP contribution in [0.4, 0.5) is 4.39 Å². The molecule has 0 amide bonds. The first-order valence-corrected chi connectivity index (χ1v) is 6.89. The molecule has 0 bridgehead atoms. The van der Waals surface area contributed by atoms with Crippen molar-refractivity contribution in [2.45, 2.75) is 10.8 Å². The SMILES string of the molecule is N#Cc1cc(F)cc(CSc2ccc(Br)cn2)c1. The number of benzene rings is 1. The van der Waals surface area contributed by atoms with Crippen molar-refractivity contribution < 1.29 is 4.39 Å². The van der Waals surface area contributed by atoms with Gasteiger partial charge in [0.05, 0.1) is 16.7 Å². The lowest BCUT2D eigenvalue weighted by molar-refractivity contribution is 0.626. The van der Waals surface area contributed by atoms with E-state index in [-0.39, 0.29) is 5.82 Å². The second-order valence-corrected chi connectivity index (χ2v) is 5.47. The van der Waals surface area contributed by atoms with Crippen molar-refractivity contribution in [2.75, 3.05) is 0 Å². The summed E-state index contributed by atoms with van der Waals surface area (Å²) < 4.78 is 14.1. The summed E-state index contributed by atoms with van der Waals surface area (Å²) in [6.07, 6.45) is 1.72. The maximum atomic E-state index is 13.2. The molecule has 0 aliphatic heterocycles. The van der Waals surface area contributed by atoms with E-state index >= 15 is 0 Å². The number of rotatable bonds is 3. The molecular weight excluding hydrogens is 315 g/mol. The van der Waals surface area contributed by atoms with E-state index in [9.17, 15) is 4.39 Å². The summed E-state index contributed by atoms with van der Waals surface area (Å²) in [6, 6.07) is 10.1. The van der Waals surface area contributed by atoms with Crippen LogP contribution in [-0.2, 0) is 5.75 Å². The summed E-state index contributed by atoms with van der Waals surface area (Å²) in [5, 5.41) is 9.62. The number of aromatic nitrogens is 1. The largest absolute Gasteiger partial charge is 0.249 e. The molecule has 0 atom stereocenters. The molecule has 1 aromatic heterocycles. The van der Waals surface area contributed by atoms with E-state index in [4.69, 9.17) is 5.26 Å². The molecule has 2 nitrogen and oxygen atoms in total. The zero-order valence-electron chi connectivity index (χ0n) is 9.23. The zero-order chi connectivity index (χ0) is 13.0. The van der Waals surface area contributed by atoms with Crippen LogP contribution < -0.4 is 0 Å². The van der Waals surface area contributed by atoms with Crippen LogP contribution in [0.1, 0.15) is 11.1 Å². The third-order valence-electron chi connectivity index (χ3n) is 2.17. The molecule has 2 aromatic rings. The Morgan fingerprint density at radius 1 is 1.33 bits per heavy atom. The quantitative estimate of drug-likeness (QED) is 0.796. The van der Waals surface area contributed by atoms with Crippen LogP contribution in [0.3, 0.4) is 0 Å². The molecule has 1 aromatic carbocycles. The van der Waals surface area contributed by atoms with Crippen LogP contribution in [0, 0.1) is 17.1 Å². The minimum absolute atomic E-state index is 0.342. The normalized spacial score (nSPS) is 10.1. The highest BCUT2D eigenvalue weighted by Gasteiger charge is 2.02. The first kappa shape index (κ1) is 13.1. The number of pyridine rings is 1. The van der Waals surface area contributed by atoms with Crippen molar-refractivity contribution in [2.24, 2.45) is 0 Å². The summed E-state index contributed by atoms with van der Waals surface area (Å²) in [6.45, 7) is 0. The van der Waals surface area contributed by atoms with Crippen LogP contribution in [0.5, 0.6) is 0 Å². The highest BCUT2D eigenvalue weighted by Crippen LogP contribution is 2.23. The Balaban J connectivity index is 2.08. The Bertz CT molecular complexity index is 593. The minimum atomic E-state index is -0.381. The van der Waals surface area contributed by atoms with E-state index in [1.165, 1.54) is 23.9 Å². The average Bonchev–Trinajstić information content (AvgIpc) is 2.37. The monoisotopic (exact) mass is 322 g/mol. The van der Waals surface area contributed by atoms with Crippen molar-refractivity contribution in [1.82, 2.24) is 4.98 Å². The summed E-state index contributed by atoms with van der Waals surface area (Å²) >= 11 is 4.81. The van der Waals surface area contributed by atoms with Gasteiger partial charge in [0.15, 0.2) is 0 Å². The van der Waals surface area contributed by atoms with E-state index in [0.29, 0.717) is 11.3 Å². The molecule has 0 unspecified atom stereocenters. The Morgan fingerprint density at radius 3 is 2.83 bits per heavy atom. The fourth-order valence-electron chi connectivity index (χ4n) is 1.40. The first-order valence-electron chi connectivity index (χ1n) is 5.11. The molecule has 5 heteroatoms. The Kier molecular flexibility index (Phi) is 4.34. The maximum absolute atomic E-state index is 13.2. The third-order valence-corrected chi connectivity index (χ3v) is 3.66. The predicted octanol–water partition coefficient (Wildman–Crippen LogP) is 4.15. The van der Waals surface area contributed by atoms with E-state index in [0.717, 1.165) is 15.1 Å². The van der Waals surface area contributed by atoms with Gasteiger partial charge in [-0.1, -0.05) is 0 Å². The Hall–Kier alpha value is -1.38. The lowest BCUT2D eigenvalue weighted by atomic mass is 10.1. The van der Waals surface area contributed by atoms with Crippen molar-refractivity contribution in [3.63, 3.8) is 0 Å².